The van der Waals surface area contributed by atoms with Gasteiger partial charge in [-0.15, -0.1) is 0 Å². The third kappa shape index (κ3) is 3.77. The summed E-state index contributed by atoms with van der Waals surface area (Å²) in [6.07, 6.45) is 1.28. The molecule has 0 aliphatic heterocycles. The predicted molar refractivity (Wildman–Crippen MR) is 64.0 cm³/mol. The Morgan fingerprint density at radius 2 is 1.88 bits per heavy atom. The highest BCUT2D eigenvalue weighted by molar-refractivity contribution is 7.86. The van der Waals surface area contributed by atoms with Crippen molar-refractivity contribution in [1.82, 2.24) is 0 Å². The van der Waals surface area contributed by atoms with Crippen LogP contribution in [0.25, 0.3) is 0 Å². The minimum Gasteiger partial charge on any atom is -0.247 e. The standard InChI is InChI=1S/C11H15ClO3S/c1-3-4-11(12)15-16(13,14)10-7-5-9(2)6-8-10/h5-8,11H,3-4H2,1-2H3. The Hall–Kier alpha value is -0.580. The van der Waals surface area contributed by atoms with Crippen LogP contribution in [0.5, 0.6) is 0 Å². The molecule has 0 radical (unpaired) electrons. The molecule has 90 valence electrons. The molecule has 5 heteroatoms. The summed E-state index contributed by atoms with van der Waals surface area (Å²) in [6, 6.07) is 6.47. The van der Waals surface area contributed by atoms with Gasteiger partial charge in [0.25, 0.3) is 10.1 Å². The molecule has 0 amide bonds. The lowest BCUT2D eigenvalue weighted by atomic mass is 10.2. The number of halogens is 1. The molecule has 3 nitrogen and oxygen atoms in total. The first kappa shape index (κ1) is 13.5. The molecule has 1 rings (SSSR count). The van der Waals surface area contributed by atoms with E-state index in [0.717, 1.165) is 12.0 Å². The van der Waals surface area contributed by atoms with E-state index in [0.29, 0.717) is 6.42 Å². The van der Waals surface area contributed by atoms with Gasteiger partial charge in [0, 0.05) is 0 Å². The molecule has 0 bridgehead atoms. The Morgan fingerprint density at radius 3 is 2.38 bits per heavy atom. The van der Waals surface area contributed by atoms with Gasteiger partial charge < -0.3 is 0 Å². The highest BCUT2D eigenvalue weighted by Gasteiger charge is 2.19. The average Bonchev–Trinajstić information content (AvgIpc) is 2.17. The Labute approximate surface area is 102 Å². The molecule has 16 heavy (non-hydrogen) atoms. The van der Waals surface area contributed by atoms with Gasteiger partial charge in [-0.2, -0.15) is 8.42 Å². The summed E-state index contributed by atoms with van der Waals surface area (Å²) in [5, 5.41) is 0. The normalized spacial score (nSPS) is 13.7. The Bertz CT molecular complexity index is 425. The van der Waals surface area contributed by atoms with Crippen molar-refractivity contribution in [3.05, 3.63) is 29.8 Å². The zero-order chi connectivity index (χ0) is 12.2. The number of hydrogen-bond donors (Lipinski definition) is 0. The lowest BCUT2D eigenvalue weighted by molar-refractivity contribution is 0.274. The lowest BCUT2D eigenvalue weighted by Crippen LogP contribution is -2.13. The van der Waals surface area contributed by atoms with Crippen molar-refractivity contribution >= 4 is 21.7 Å². The van der Waals surface area contributed by atoms with Gasteiger partial charge in [-0.05, 0) is 25.5 Å². The van der Waals surface area contributed by atoms with Gasteiger partial charge in [0.2, 0.25) is 0 Å². The fraction of sp³-hybridized carbons (Fsp3) is 0.455. The molecule has 1 atom stereocenters. The largest absolute Gasteiger partial charge is 0.298 e. The van der Waals surface area contributed by atoms with Crippen LogP contribution in [0.15, 0.2) is 29.2 Å². The minimum atomic E-state index is -3.73. The van der Waals surface area contributed by atoms with Crippen LogP contribution in [0.4, 0.5) is 0 Å². The van der Waals surface area contributed by atoms with Gasteiger partial charge in [0.1, 0.15) is 0 Å². The highest BCUT2D eigenvalue weighted by atomic mass is 35.5. The number of aryl methyl sites for hydroxylation is 1. The first-order valence-corrected chi connectivity index (χ1v) is 6.94. The smallest absolute Gasteiger partial charge is 0.247 e. The van der Waals surface area contributed by atoms with Crippen molar-refractivity contribution in [1.29, 1.82) is 0 Å². The second-order valence-electron chi connectivity index (χ2n) is 3.56. The number of alkyl halides is 1. The summed E-state index contributed by atoms with van der Waals surface area (Å²) in [7, 11) is -3.73. The van der Waals surface area contributed by atoms with Gasteiger partial charge >= 0.3 is 0 Å². The lowest BCUT2D eigenvalue weighted by Gasteiger charge is -2.10. The van der Waals surface area contributed by atoms with E-state index in [1.54, 1.807) is 12.1 Å². The SMILES string of the molecule is CCCC(Cl)OS(=O)(=O)c1ccc(C)cc1. The molecule has 0 aliphatic carbocycles. The Morgan fingerprint density at radius 1 is 1.31 bits per heavy atom. The van der Waals surface area contributed by atoms with Crippen LogP contribution in [0.3, 0.4) is 0 Å². The molecule has 0 aliphatic rings. The van der Waals surface area contributed by atoms with Gasteiger partial charge in [-0.3, -0.25) is 0 Å². The van der Waals surface area contributed by atoms with E-state index in [1.807, 2.05) is 13.8 Å². The summed E-state index contributed by atoms with van der Waals surface area (Å²) < 4.78 is 28.3. The van der Waals surface area contributed by atoms with E-state index in [-0.39, 0.29) is 4.90 Å². The van der Waals surface area contributed by atoms with Crippen molar-refractivity contribution < 1.29 is 12.6 Å². The van der Waals surface area contributed by atoms with E-state index in [2.05, 4.69) is 0 Å². The maximum atomic E-state index is 11.7. The van der Waals surface area contributed by atoms with Crippen LogP contribution in [0.1, 0.15) is 25.3 Å². The van der Waals surface area contributed by atoms with Gasteiger partial charge in [-0.1, -0.05) is 42.6 Å². The molecule has 0 aromatic heterocycles. The second-order valence-corrected chi connectivity index (χ2v) is 5.62. The zero-order valence-corrected chi connectivity index (χ0v) is 10.9. The molecule has 1 unspecified atom stereocenters. The quantitative estimate of drug-likeness (QED) is 0.605. The summed E-state index contributed by atoms with van der Waals surface area (Å²) in [5.41, 5.74) is 0.200. The molecule has 0 N–H and O–H groups in total. The summed E-state index contributed by atoms with van der Waals surface area (Å²) >= 11 is 5.75. The molecular weight excluding hydrogens is 248 g/mol. The average molecular weight is 263 g/mol. The molecular formula is C11H15ClO3S. The van der Waals surface area contributed by atoms with Crippen LogP contribution >= 0.6 is 11.6 Å². The number of benzene rings is 1. The summed E-state index contributed by atoms with van der Waals surface area (Å²) in [6.45, 7) is 3.80. The Balaban J connectivity index is 2.82. The zero-order valence-electron chi connectivity index (χ0n) is 9.31. The van der Waals surface area contributed by atoms with Crippen molar-refractivity contribution in [2.75, 3.05) is 0 Å². The first-order chi connectivity index (χ1) is 7.45. The number of rotatable bonds is 5. The van der Waals surface area contributed by atoms with Crippen molar-refractivity contribution in [3.8, 4) is 0 Å². The molecule has 0 saturated heterocycles. The fourth-order valence-corrected chi connectivity index (χ4v) is 2.63. The van der Waals surface area contributed by atoms with Crippen LogP contribution in [-0.4, -0.2) is 14.0 Å². The monoisotopic (exact) mass is 262 g/mol. The molecule has 1 aromatic carbocycles. The minimum absolute atomic E-state index is 0.139. The van der Waals surface area contributed by atoms with E-state index in [9.17, 15) is 8.42 Å². The third-order valence-corrected chi connectivity index (χ3v) is 3.80. The van der Waals surface area contributed by atoms with Crippen molar-refractivity contribution in [2.24, 2.45) is 0 Å². The van der Waals surface area contributed by atoms with E-state index < -0.39 is 15.7 Å². The van der Waals surface area contributed by atoms with Crippen LogP contribution in [-0.2, 0) is 14.3 Å². The molecule has 0 spiro atoms. The van der Waals surface area contributed by atoms with Gasteiger partial charge in [-0.25, -0.2) is 4.18 Å². The highest BCUT2D eigenvalue weighted by Crippen LogP contribution is 2.18. The maximum Gasteiger partial charge on any atom is 0.298 e. The van der Waals surface area contributed by atoms with E-state index in [1.165, 1.54) is 12.1 Å². The summed E-state index contributed by atoms with van der Waals surface area (Å²) in [4.78, 5) is 0.139. The van der Waals surface area contributed by atoms with Crippen LogP contribution in [0, 0.1) is 6.92 Å². The van der Waals surface area contributed by atoms with Gasteiger partial charge in [0.05, 0.1) is 4.90 Å². The Kier molecular flexibility index (Phi) is 4.77. The molecule has 0 heterocycles. The molecule has 0 saturated carbocycles. The first-order valence-electron chi connectivity index (χ1n) is 5.09. The number of hydrogen-bond acceptors (Lipinski definition) is 3. The van der Waals surface area contributed by atoms with Crippen LogP contribution in [0.2, 0.25) is 0 Å². The maximum absolute atomic E-state index is 11.7. The summed E-state index contributed by atoms with van der Waals surface area (Å²) in [5.74, 6) is 0. The topological polar surface area (TPSA) is 43.4 Å². The predicted octanol–water partition coefficient (Wildman–Crippen LogP) is 3.07. The van der Waals surface area contributed by atoms with E-state index >= 15 is 0 Å². The van der Waals surface area contributed by atoms with Crippen molar-refractivity contribution in [2.45, 2.75) is 37.1 Å². The van der Waals surface area contributed by atoms with Gasteiger partial charge in [0.15, 0.2) is 5.56 Å². The van der Waals surface area contributed by atoms with Crippen LogP contribution < -0.4 is 0 Å². The van der Waals surface area contributed by atoms with Crippen molar-refractivity contribution in [3.63, 3.8) is 0 Å². The molecule has 1 aromatic rings. The second kappa shape index (κ2) is 5.66. The fourth-order valence-electron chi connectivity index (χ4n) is 1.17. The third-order valence-electron chi connectivity index (χ3n) is 2.06. The molecule has 0 fully saturated rings. The van der Waals surface area contributed by atoms with E-state index in [4.69, 9.17) is 15.8 Å².